The molecule has 0 spiro atoms. The first-order valence-electron chi connectivity index (χ1n) is 12.9. The van der Waals surface area contributed by atoms with E-state index in [2.05, 4.69) is 5.32 Å². The van der Waals surface area contributed by atoms with Crippen molar-refractivity contribution in [2.75, 3.05) is 10.8 Å². The Morgan fingerprint density at radius 3 is 2.12 bits per heavy atom. The molecule has 2 amide bonds. The zero-order valence-electron chi connectivity index (χ0n) is 23.3. The van der Waals surface area contributed by atoms with Gasteiger partial charge in [-0.25, -0.2) is 12.8 Å². The van der Waals surface area contributed by atoms with Crippen LogP contribution in [0.3, 0.4) is 0 Å². The molecule has 3 aromatic rings. The van der Waals surface area contributed by atoms with Crippen LogP contribution in [0.15, 0.2) is 77.7 Å². The van der Waals surface area contributed by atoms with Crippen LogP contribution in [0, 0.1) is 12.7 Å². The highest BCUT2D eigenvalue weighted by Crippen LogP contribution is 2.26. The van der Waals surface area contributed by atoms with E-state index < -0.39 is 39.9 Å². The van der Waals surface area contributed by atoms with Crippen molar-refractivity contribution in [3.8, 4) is 0 Å². The van der Waals surface area contributed by atoms with Crippen LogP contribution in [0.5, 0.6) is 0 Å². The standard InChI is InChI=1S/C30H35ClFN3O4S/c1-6-27(29(37)33-30(3,4)5)34(19-22-9-7-8-10-26(22)31)28(36)20-35(24-15-11-21(2)12-16-24)40(38,39)25-17-13-23(32)14-18-25/h7-18,27H,6,19-20H2,1-5H3,(H,33,37)/t27-/m1/s1. The molecule has 1 atom stereocenters. The summed E-state index contributed by atoms with van der Waals surface area (Å²) in [4.78, 5) is 28.6. The number of amides is 2. The van der Waals surface area contributed by atoms with Crippen molar-refractivity contribution >= 4 is 39.1 Å². The minimum absolute atomic E-state index is 0.00703. The van der Waals surface area contributed by atoms with Crippen molar-refractivity contribution in [3.05, 3.63) is 94.8 Å². The van der Waals surface area contributed by atoms with E-state index in [1.165, 1.54) is 4.90 Å². The van der Waals surface area contributed by atoms with Crippen molar-refractivity contribution in [1.29, 1.82) is 0 Å². The number of carbonyl (C=O) groups is 2. The van der Waals surface area contributed by atoms with E-state index >= 15 is 0 Å². The van der Waals surface area contributed by atoms with Gasteiger partial charge in [-0.15, -0.1) is 0 Å². The number of rotatable bonds is 10. The fourth-order valence-corrected chi connectivity index (χ4v) is 5.77. The summed E-state index contributed by atoms with van der Waals surface area (Å²) in [7, 11) is -4.28. The van der Waals surface area contributed by atoms with Crippen LogP contribution in [0.2, 0.25) is 5.02 Å². The van der Waals surface area contributed by atoms with Gasteiger partial charge in [-0.1, -0.05) is 54.4 Å². The number of hydrogen-bond acceptors (Lipinski definition) is 4. The Labute approximate surface area is 241 Å². The molecule has 10 heteroatoms. The predicted molar refractivity (Wildman–Crippen MR) is 156 cm³/mol. The second-order valence-corrected chi connectivity index (χ2v) is 12.8. The lowest BCUT2D eigenvalue weighted by Gasteiger charge is -2.35. The van der Waals surface area contributed by atoms with E-state index in [1.807, 2.05) is 27.7 Å². The number of benzene rings is 3. The first-order valence-corrected chi connectivity index (χ1v) is 14.7. The first-order chi connectivity index (χ1) is 18.7. The molecule has 0 radical (unpaired) electrons. The Kier molecular flexibility index (Phi) is 9.97. The summed E-state index contributed by atoms with van der Waals surface area (Å²) >= 11 is 6.41. The van der Waals surface area contributed by atoms with Gasteiger partial charge in [0.1, 0.15) is 18.4 Å². The van der Waals surface area contributed by atoms with Crippen molar-refractivity contribution in [2.24, 2.45) is 0 Å². The highest BCUT2D eigenvalue weighted by Gasteiger charge is 2.34. The van der Waals surface area contributed by atoms with Gasteiger partial charge in [0.15, 0.2) is 0 Å². The predicted octanol–water partition coefficient (Wildman–Crippen LogP) is 5.70. The lowest BCUT2D eigenvalue weighted by molar-refractivity contribution is -0.141. The summed E-state index contributed by atoms with van der Waals surface area (Å²) < 4.78 is 42.2. The Morgan fingerprint density at radius 1 is 0.975 bits per heavy atom. The number of nitrogens with zero attached hydrogens (tertiary/aromatic N) is 2. The number of hydrogen-bond donors (Lipinski definition) is 1. The van der Waals surface area contributed by atoms with Gasteiger partial charge in [-0.2, -0.15) is 0 Å². The molecule has 0 saturated heterocycles. The fraction of sp³-hybridized carbons (Fsp3) is 0.333. The summed E-state index contributed by atoms with van der Waals surface area (Å²) in [6.07, 6.45) is 0.285. The third-order valence-electron chi connectivity index (χ3n) is 6.19. The molecule has 40 heavy (non-hydrogen) atoms. The second-order valence-electron chi connectivity index (χ2n) is 10.6. The van der Waals surface area contributed by atoms with Gasteiger partial charge >= 0.3 is 0 Å². The number of halogens is 2. The number of sulfonamides is 1. The highest BCUT2D eigenvalue weighted by molar-refractivity contribution is 7.92. The molecular weight excluding hydrogens is 553 g/mol. The highest BCUT2D eigenvalue weighted by atomic mass is 35.5. The zero-order chi connectivity index (χ0) is 29.7. The van der Waals surface area contributed by atoms with E-state index in [0.717, 1.165) is 34.1 Å². The second kappa shape index (κ2) is 12.8. The topological polar surface area (TPSA) is 86.8 Å². The number of carbonyl (C=O) groups excluding carboxylic acids is 2. The average molecular weight is 588 g/mol. The minimum Gasteiger partial charge on any atom is -0.350 e. The molecule has 0 aromatic heterocycles. The van der Waals surface area contributed by atoms with Gasteiger partial charge in [0.05, 0.1) is 10.6 Å². The van der Waals surface area contributed by atoms with Crippen molar-refractivity contribution in [3.63, 3.8) is 0 Å². The number of aryl methyl sites for hydroxylation is 1. The molecule has 0 aliphatic rings. The van der Waals surface area contributed by atoms with E-state index in [0.29, 0.717) is 10.6 Å². The normalized spacial score (nSPS) is 12.5. The lowest BCUT2D eigenvalue weighted by Crippen LogP contribution is -2.55. The van der Waals surface area contributed by atoms with Crippen LogP contribution in [-0.2, 0) is 26.2 Å². The van der Waals surface area contributed by atoms with Crippen LogP contribution in [0.25, 0.3) is 0 Å². The van der Waals surface area contributed by atoms with Gasteiger partial charge in [0.2, 0.25) is 11.8 Å². The quantitative estimate of drug-likeness (QED) is 0.329. The summed E-state index contributed by atoms with van der Waals surface area (Å²) in [5.41, 5.74) is 1.22. The van der Waals surface area contributed by atoms with E-state index in [1.54, 1.807) is 55.5 Å². The van der Waals surface area contributed by atoms with Gasteiger partial charge in [0.25, 0.3) is 10.0 Å². The molecule has 3 aromatic carbocycles. The molecule has 1 N–H and O–H groups in total. The third kappa shape index (κ3) is 7.82. The maximum atomic E-state index is 14.0. The van der Waals surface area contributed by atoms with Crippen molar-refractivity contribution < 1.29 is 22.4 Å². The maximum Gasteiger partial charge on any atom is 0.264 e. The van der Waals surface area contributed by atoms with Gasteiger partial charge in [-0.3, -0.25) is 13.9 Å². The minimum atomic E-state index is -4.28. The molecule has 0 unspecified atom stereocenters. The van der Waals surface area contributed by atoms with Crippen LogP contribution in [0.4, 0.5) is 10.1 Å². The van der Waals surface area contributed by atoms with Crippen LogP contribution in [-0.4, -0.2) is 43.3 Å². The van der Waals surface area contributed by atoms with E-state index in [9.17, 15) is 22.4 Å². The molecule has 0 bridgehead atoms. The number of nitrogens with one attached hydrogen (secondary N) is 1. The van der Waals surface area contributed by atoms with Crippen molar-refractivity contribution in [2.45, 2.75) is 64.1 Å². The molecule has 0 saturated carbocycles. The Balaban J connectivity index is 2.08. The maximum absolute atomic E-state index is 14.0. The molecule has 3 rings (SSSR count). The summed E-state index contributed by atoms with van der Waals surface area (Å²) in [5.74, 6) is -1.54. The van der Waals surface area contributed by atoms with Crippen LogP contribution < -0.4 is 9.62 Å². The fourth-order valence-electron chi connectivity index (χ4n) is 4.16. The number of anilines is 1. The largest absolute Gasteiger partial charge is 0.350 e. The van der Waals surface area contributed by atoms with Crippen LogP contribution >= 0.6 is 11.6 Å². The zero-order valence-corrected chi connectivity index (χ0v) is 24.9. The summed E-state index contributed by atoms with van der Waals surface area (Å²) in [6.45, 7) is 8.57. The molecule has 7 nitrogen and oxygen atoms in total. The van der Waals surface area contributed by atoms with Gasteiger partial charge < -0.3 is 10.2 Å². The van der Waals surface area contributed by atoms with E-state index in [4.69, 9.17) is 11.6 Å². The molecule has 0 aliphatic carbocycles. The molecule has 0 heterocycles. The van der Waals surface area contributed by atoms with Crippen molar-refractivity contribution in [1.82, 2.24) is 10.2 Å². The average Bonchev–Trinajstić information content (AvgIpc) is 2.88. The third-order valence-corrected chi connectivity index (χ3v) is 8.34. The lowest BCUT2D eigenvalue weighted by atomic mass is 10.1. The van der Waals surface area contributed by atoms with Crippen LogP contribution in [0.1, 0.15) is 45.2 Å². The SMILES string of the molecule is CC[C@H](C(=O)NC(C)(C)C)N(Cc1ccccc1Cl)C(=O)CN(c1ccc(C)cc1)S(=O)(=O)c1ccc(F)cc1. The van der Waals surface area contributed by atoms with Gasteiger partial charge in [-0.05, 0) is 82.1 Å². The monoisotopic (exact) mass is 587 g/mol. The molecule has 0 aliphatic heterocycles. The molecule has 214 valence electrons. The smallest absolute Gasteiger partial charge is 0.264 e. The molecular formula is C30H35ClFN3O4S. The van der Waals surface area contributed by atoms with E-state index in [-0.39, 0.29) is 29.5 Å². The summed E-state index contributed by atoms with van der Waals surface area (Å²) in [6, 6.07) is 17.2. The Bertz CT molecular complexity index is 1440. The Morgan fingerprint density at radius 2 is 1.57 bits per heavy atom. The summed E-state index contributed by atoms with van der Waals surface area (Å²) in [5, 5.41) is 3.34. The molecule has 0 fully saturated rings. The van der Waals surface area contributed by atoms with Gasteiger partial charge in [0, 0.05) is 17.1 Å². The Hall–Kier alpha value is -3.43. The first kappa shape index (κ1) is 31.1.